The van der Waals surface area contributed by atoms with Gasteiger partial charge in [0.15, 0.2) is 9.84 Å². The first kappa shape index (κ1) is 30.7. The molecule has 0 aromatic heterocycles. The number of rotatable bonds is 8. The maximum Gasteiger partial charge on any atom is 0.402 e. The van der Waals surface area contributed by atoms with Crippen LogP contribution in [0.3, 0.4) is 0 Å². The Balaban J connectivity index is 2.18. The summed E-state index contributed by atoms with van der Waals surface area (Å²) in [4.78, 5) is 12.4. The summed E-state index contributed by atoms with van der Waals surface area (Å²) in [6, 6.07) is 6.89. The minimum absolute atomic E-state index is 0.0171. The lowest BCUT2D eigenvalue weighted by molar-refractivity contribution is -0.139. The predicted octanol–water partition coefficient (Wildman–Crippen LogP) is 7.32. The molecule has 2 aromatic carbocycles. The highest BCUT2D eigenvalue weighted by Crippen LogP contribution is 2.38. The maximum atomic E-state index is 13.7. The number of carbonyl (C=O) groups is 1. The van der Waals surface area contributed by atoms with Crippen molar-refractivity contribution < 1.29 is 39.6 Å². The van der Waals surface area contributed by atoms with Gasteiger partial charge in [-0.3, -0.25) is 4.79 Å². The van der Waals surface area contributed by atoms with Crippen molar-refractivity contribution in [2.24, 2.45) is 0 Å². The number of amides is 1. The molecule has 2 atom stereocenters. The molecule has 0 saturated carbocycles. The minimum atomic E-state index is -4.91. The van der Waals surface area contributed by atoms with E-state index in [1.54, 1.807) is 6.07 Å². The molecule has 0 radical (unpaired) electrons. The van der Waals surface area contributed by atoms with Gasteiger partial charge in [0, 0.05) is 15.0 Å². The summed E-state index contributed by atoms with van der Waals surface area (Å²) in [5.74, 6) is -5.75. The van der Waals surface area contributed by atoms with E-state index in [2.05, 4.69) is 37.2 Å². The van der Waals surface area contributed by atoms with Crippen molar-refractivity contribution in [3.05, 3.63) is 73.1 Å². The highest BCUT2D eigenvalue weighted by Gasteiger charge is 2.39. The van der Waals surface area contributed by atoms with Gasteiger partial charge in [0.05, 0.1) is 22.3 Å². The molecule has 0 heterocycles. The number of nitrogens with one attached hydrogen (secondary N) is 1. The van der Waals surface area contributed by atoms with Gasteiger partial charge >= 0.3 is 12.4 Å². The van der Waals surface area contributed by atoms with Gasteiger partial charge in [-0.2, -0.15) is 26.3 Å². The lowest BCUT2D eigenvalue weighted by atomic mass is 9.97. The third-order valence-corrected chi connectivity index (χ3v) is 7.58. The SMILES string of the molecule is CC(CS(=O)(=O)CC(F)(F)F)NC(=O)c1ccc(/C=C/C(c2cc(Br)cc(Br)c2)C(F)(F)F)cc1Cl. The fourth-order valence-electron chi connectivity index (χ4n) is 3.22. The molecule has 1 N–H and O–H groups in total. The van der Waals surface area contributed by atoms with Crippen LogP contribution >= 0.6 is 43.5 Å². The molecule has 4 nitrogen and oxygen atoms in total. The topological polar surface area (TPSA) is 63.2 Å². The molecule has 1 amide bonds. The van der Waals surface area contributed by atoms with Crippen molar-refractivity contribution in [2.45, 2.75) is 31.2 Å². The van der Waals surface area contributed by atoms with E-state index in [9.17, 15) is 39.6 Å². The number of hydrogen-bond acceptors (Lipinski definition) is 3. The van der Waals surface area contributed by atoms with Crippen LogP contribution < -0.4 is 5.32 Å². The molecule has 0 aliphatic carbocycles. The lowest BCUT2D eigenvalue weighted by Gasteiger charge is -2.18. The molecule has 0 aliphatic heterocycles. The second-order valence-electron chi connectivity index (χ2n) is 7.86. The van der Waals surface area contributed by atoms with Crippen LogP contribution in [-0.2, 0) is 9.84 Å². The Kier molecular flexibility index (Phi) is 10.1. The quantitative estimate of drug-likeness (QED) is 0.297. The zero-order valence-corrected chi connectivity index (χ0v) is 23.0. The van der Waals surface area contributed by atoms with Crippen molar-refractivity contribution in [3.8, 4) is 0 Å². The van der Waals surface area contributed by atoms with Gasteiger partial charge in [0.25, 0.3) is 5.91 Å². The summed E-state index contributed by atoms with van der Waals surface area (Å²) in [6.45, 7) is 1.22. The molecule has 198 valence electrons. The Labute approximate surface area is 225 Å². The first-order valence-corrected chi connectivity index (χ1v) is 13.7. The average Bonchev–Trinajstić information content (AvgIpc) is 2.63. The van der Waals surface area contributed by atoms with E-state index in [4.69, 9.17) is 11.6 Å². The maximum absolute atomic E-state index is 13.7. The van der Waals surface area contributed by atoms with Gasteiger partial charge in [-0.25, -0.2) is 8.42 Å². The van der Waals surface area contributed by atoms with Crippen LogP contribution in [0.25, 0.3) is 6.08 Å². The Morgan fingerprint density at radius 3 is 2.14 bits per heavy atom. The number of benzene rings is 2. The molecule has 0 spiro atoms. The molecule has 2 rings (SSSR count). The van der Waals surface area contributed by atoms with E-state index in [0.29, 0.717) is 8.95 Å². The zero-order chi connectivity index (χ0) is 27.5. The summed E-state index contributed by atoms with van der Waals surface area (Å²) >= 11 is 12.4. The molecule has 0 saturated heterocycles. The van der Waals surface area contributed by atoms with Gasteiger partial charge in [-0.1, -0.05) is 61.7 Å². The second-order valence-corrected chi connectivity index (χ2v) is 12.2. The molecule has 14 heteroatoms. The van der Waals surface area contributed by atoms with Crippen LogP contribution in [0.5, 0.6) is 0 Å². The molecule has 2 unspecified atom stereocenters. The molecule has 36 heavy (non-hydrogen) atoms. The number of allylic oxidation sites excluding steroid dienone is 1. The predicted molar refractivity (Wildman–Crippen MR) is 133 cm³/mol. The second kappa shape index (κ2) is 11.9. The normalized spacial score (nSPS) is 14.6. The summed E-state index contributed by atoms with van der Waals surface area (Å²) in [5.41, 5.74) is 0.106. The molecule has 2 aromatic rings. The van der Waals surface area contributed by atoms with E-state index in [1.807, 2.05) is 0 Å². The Morgan fingerprint density at radius 1 is 1.06 bits per heavy atom. The van der Waals surface area contributed by atoms with E-state index in [0.717, 1.165) is 6.08 Å². The summed E-state index contributed by atoms with van der Waals surface area (Å²) in [5, 5.41) is 2.11. The van der Waals surface area contributed by atoms with Crippen LogP contribution in [-0.4, -0.2) is 44.2 Å². The monoisotopic (exact) mass is 683 g/mol. The standard InChI is InChI=1S/C22H18Br2ClF6NO3S/c1-12(10-36(34,35)11-21(26,27)28)32-20(33)17-4-2-13(6-19(17)25)3-5-18(22(29,30)31)14-7-15(23)9-16(24)8-14/h2-9,12,18H,10-11H2,1H3,(H,32,33)/b5-3+. The Hall–Kier alpha value is -1.57. The summed E-state index contributed by atoms with van der Waals surface area (Å²) < 4.78 is 102. The van der Waals surface area contributed by atoms with Gasteiger partial charge in [-0.05, 0) is 48.4 Å². The number of hydrogen-bond donors (Lipinski definition) is 1. The van der Waals surface area contributed by atoms with E-state index in [1.165, 1.54) is 43.3 Å². The third-order valence-electron chi connectivity index (χ3n) is 4.58. The van der Waals surface area contributed by atoms with Crippen LogP contribution in [0.15, 0.2) is 51.4 Å². The van der Waals surface area contributed by atoms with Crippen LogP contribution in [0.1, 0.15) is 34.3 Å². The van der Waals surface area contributed by atoms with Gasteiger partial charge in [-0.15, -0.1) is 0 Å². The average molecular weight is 686 g/mol. The smallest absolute Gasteiger partial charge is 0.349 e. The van der Waals surface area contributed by atoms with Crippen molar-refractivity contribution in [1.29, 1.82) is 0 Å². The molecule has 0 fully saturated rings. The molecular formula is C22H18Br2ClF6NO3S. The third kappa shape index (κ3) is 9.71. The zero-order valence-electron chi connectivity index (χ0n) is 18.2. The van der Waals surface area contributed by atoms with E-state index >= 15 is 0 Å². The van der Waals surface area contributed by atoms with Crippen molar-refractivity contribution >= 4 is 65.3 Å². The first-order valence-electron chi connectivity index (χ1n) is 9.95. The number of halogens is 9. The van der Waals surface area contributed by atoms with Crippen LogP contribution in [0.4, 0.5) is 26.3 Å². The molecule has 0 bridgehead atoms. The van der Waals surface area contributed by atoms with E-state index < -0.39 is 51.6 Å². The van der Waals surface area contributed by atoms with Crippen molar-refractivity contribution in [2.75, 3.05) is 11.5 Å². The summed E-state index contributed by atoms with van der Waals surface area (Å²) in [6.07, 6.45) is -7.38. The van der Waals surface area contributed by atoms with Crippen LogP contribution in [0.2, 0.25) is 5.02 Å². The number of carbonyl (C=O) groups excluding carboxylic acids is 1. The minimum Gasteiger partial charge on any atom is -0.349 e. The fraction of sp³-hybridized carbons (Fsp3) is 0.318. The molecule has 0 aliphatic rings. The first-order chi connectivity index (χ1) is 16.4. The Bertz CT molecular complexity index is 1230. The summed E-state index contributed by atoms with van der Waals surface area (Å²) in [7, 11) is -4.52. The lowest BCUT2D eigenvalue weighted by Crippen LogP contribution is -2.39. The molecular weight excluding hydrogens is 668 g/mol. The van der Waals surface area contributed by atoms with E-state index in [-0.39, 0.29) is 21.7 Å². The van der Waals surface area contributed by atoms with Crippen molar-refractivity contribution in [3.63, 3.8) is 0 Å². The highest BCUT2D eigenvalue weighted by atomic mass is 79.9. The van der Waals surface area contributed by atoms with Gasteiger partial charge in [0.2, 0.25) is 0 Å². The van der Waals surface area contributed by atoms with Crippen LogP contribution in [0, 0.1) is 0 Å². The highest BCUT2D eigenvalue weighted by molar-refractivity contribution is 9.11. The number of sulfone groups is 1. The van der Waals surface area contributed by atoms with Gasteiger partial charge in [0.1, 0.15) is 5.75 Å². The fourth-order valence-corrected chi connectivity index (χ4v) is 6.29. The van der Waals surface area contributed by atoms with Crippen molar-refractivity contribution in [1.82, 2.24) is 5.32 Å². The Morgan fingerprint density at radius 2 is 1.64 bits per heavy atom. The number of alkyl halides is 6. The largest absolute Gasteiger partial charge is 0.402 e. The van der Waals surface area contributed by atoms with Gasteiger partial charge < -0.3 is 5.32 Å².